The molecule has 0 aliphatic heterocycles. The summed E-state index contributed by atoms with van der Waals surface area (Å²) in [5.41, 5.74) is 0. The number of carboxylic acids is 1. The summed E-state index contributed by atoms with van der Waals surface area (Å²) in [4.78, 5) is 21.4. The number of ether oxygens (including phenoxy) is 1. The summed E-state index contributed by atoms with van der Waals surface area (Å²) in [6.07, 6.45) is 0.0378. The standard InChI is InChI=1S/C11H11Cl2NO4/c12-7-2-1-3-8(11(7)13)18-5-4-9(15)14-6-10(16)17/h1-3H,4-6H2,(H,14,15)(H,16,17). The molecule has 2 N–H and O–H groups in total. The molecule has 0 bridgehead atoms. The third-order valence-electron chi connectivity index (χ3n) is 1.94. The Morgan fingerprint density at radius 1 is 1.33 bits per heavy atom. The fourth-order valence-corrected chi connectivity index (χ4v) is 1.46. The molecule has 1 aromatic rings. The molecule has 0 heterocycles. The number of amides is 1. The van der Waals surface area contributed by atoms with Crippen LogP contribution in [0.4, 0.5) is 0 Å². The number of benzene rings is 1. The Hall–Kier alpha value is -1.46. The van der Waals surface area contributed by atoms with Crippen LogP contribution in [0.1, 0.15) is 6.42 Å². The van der Waals surface area contributed by atoms with Crippen LogP contribution in [0.15, 0.2) is 18.2 Å². The molecule has 0 saturated heterocycles. The summed E-state index contributed by atoms with van der Waals surface area (Å²) >= 11 is 11.7. The molecule has 0 aliphatic rings. The van der Waals surface area contributed by atoms with E-state index in [1.54, 1.807) is 18.2 Å². The zero-order chi connectivity index (χ0) is 13.5. The van der Waals surface area contributed by atoms with Crippen molar-refractivity contribution in [3.63, 3.8) is 0 Å². The second-order valence-electron chi connectivity index (χ2n) is 3.32. The molecule has 5 nitrogen and oxygen atoms in total. The number of nitrogens with one attached hydrogen (secondary N) is 1. The van der Waals surface area contributed by atoms with Crippen LogP contribution in [0.3, 0.4) is 0 Å². The van der Waals surface area contributed by atoms with Crippen LogP contribution in [-0.2, 0) is 9.59 Å². The Balaban J connectivity index is 2.35. The fourth-order valence-electron chi connectivity index (χ4n) is 1.11. The summed E-state index contributed by atoms with van der Waals surface area (Å²) < 4.78 is 5.27. The predicted octanol–water partition coefficient (Wildman–Crippen LogP) is 1.96. The van der Waals surface area contributed by atoms with Gasteiger partial charge in [0.1, 0.15) is 17.3 Å². The highest BCUT2D eigenvalue weighted by atomic mass is 35.5. The summed E-state index contributed by atoms with van der Waals surface area (Å²) in [5, 5.41) is 11.2. The first-order valence-corrected chi connectivity index (χ1v) is 5.81. The van der Waals surface area contributed by atoms with E-state index in [9.17, 15) is 9.59 Å². The van der Waals surface area contributed by atoms with Gasteiger partial charge >= 0.3 is 5.97 Å². The molecule has 0 saturated carbocycles. The number of rotatable bonds is 6. The molecule has 7 heteroatoms. The van der Waals surface area contributed by atoms with Crippen molar-refractivity contribution >= 4 is 35.1 Å². The van der Waals surface area contributed by atoms with Crippen LogP contribution in [-0.4, -0.2) is 30.1 Å². The maximum Gasteiger partial charge on any atom is 0.322 e. The number of hydrogen-bond acceptors (Lipinski definition) is 3. The Labute approximate surface area is 114 Å². The van der Waals surface area contributed by atoms with Gasteiger partial charge in [0, 0.05) is 0 Å². The third-order valence-corrected chi connectivity index (χ3v) is 2.74. The highest BCUT2D eigenvalue weighted by Gasteiger charge is 2.07. The molecular weight excluding hydrogens is 281 g/mol. The van der Waals surface area contributed by atoms with Gasteiger partial charge in [-0.1, -0.05) is 29.3 Å². The van der Waals surface area contributed by atoms with Crippen LogP contribution in [0.2, 0.25) is 10.0 Å². The van der Waals surface area contributed by atoms with E-state index < -0.39 is 18.4 Å². The minimum atomic E-state index is -1.10. The third kappa shape index (κ3) is 4.81. The Kier molecular flexibility index (Phi) is 5.74. The lowest BCUT2D eigenvalue weighted by Crippen LogP contribution is -2.30. The van der Waals surface area contributed by atoms with Crippen LogP contribution >= 0.6 is 23.2 Å². The molecular formula is C11H11Cl2NO4. The Bertz CT molecular complexity index is 451. The maximum atomic E-state index is 11.2. The topological polar surface area (TPSA) is 75.6 Å². The van der Waals surface area contributed by atoms with E-state index in [2.05, 4.69) is 5.32 Å². The van der Waals surface area contributed by atoms with E-state index in [-0.39, 0.29) is 18.1 Å². The summed E-state index contributed by atoms with van der Waals surface area (Å²) in [5.74, 6) is -1.12. The molecule has 0 unspecified atom stereocenters. The fraction of sp³-hybridized carbons (Fsp3) is 0.273. The van der Waals surface area contributed by atoms with Crippen molar-refractivity contribution in [3.05, 3.63) is 28.2 Å². The average Bonchev–Trinajstić information content (AvgIpc) is 2.32. The van der Waals surface area contributed by atoms with Crippen molar-refractivity contribution in [3.8, 4) is 5.75 Å². The first-order valence-electron chi connectivity index (χ1n) is 5.06. The number of carbonyl (C=O) groups is 2. The van der Waals surface area contributed by atoms with Gasteiger partial charge in [-0.3, -0.25) is 9.59 Å². The van der Waals surface area contributed by atoms with Crippen molar-refractivity contribution in [2.24, 2.45) is 0 Å². The number of aliphatic carboxylic acids is 1. The van der Waals surface area contributed by atoms with Gasteiger partial charge in [0.05, 0.1) is 18.1 Å². The lowest BCUT2D eigenvalue weighted by atomic mass is 10.3. The van der Waals surface area contributed by atoms with Crippen molar-refractivity contribution in [2.45, 2.75) is 6.42 Å². The molecule has 18 heavy (non-hydrogen) atoms. The van der Waals surface area contributed by atoms with Crippen LogP contribution < -0.4 is 10.1 Å². The van der Waals surface area contributed by atoms with E-state index in [0.717, 1.165) is 0 Å². The van der Waals surface area contributed by atoms with Crippen molar-refractivity contribution in [1.82, 2.24) is 5.32 Å². The molecule has 0 atom stereocenters. The smallest absolute Gasteiger partial charge is 0.322 e. The normalized spacial score (nSPS) is 9.89. The quantitative estimate of drug-likeness (QED) is 0.840. The number of carbonyl (C=O) groups excluding carboxylic acids is 1. The van der Waals surface area contributed by atoms with Gasteiger partial charge in [-0.15, -0.1) is 0 Å². The molecule has 0 aromatic heterocycles. The van der Waals surface area contributed by atoms with Crippen molar-refractivity contribution in [2.75, 3.05) is 13.2 Å². The second-order valence-corrected chi connectivity index (χ2v) is 4.11. The first kappa shape index (κ1) is 14.6. The minimum Gasteiger partial charge on any atom is -0.491 e. The van der Waals surface area contributed by atoms with Crippen molar-refractivity contribution in [1.29, 1.82) is 0 Å². The predicted molar refractivity (Wildman–Crippen MR) is 67.2 cm³/mol. The van der Waals surface area contributed by atoms with Gasteiger partial charge < -0.3 is 15.2 Å². The highest BCUT2D eigenvalue weighted by molar-refractivity contribution is 6.42. The summed E-state index contributed by atoms with van der Waals surface area (Å²) in [6.45, 7) is -0.317. The number of carboxylic acid groups (broad SMARTS) is 1. The van der Waals surface area contributed by atoms with E-state index in [4.69, 9.17) is 33.0 Å². The lowest BCUT2D eigenvalue weighted by molar-refractivity contribution is -0.138. The van der Waals surface area contributed by atoms with Crippen molar-refractivity contribution < 1.29 is 19.4 Å². The first-order chi connectivity index (χ1) is 8.50. The Morgan fingerprint density at radius 3 is 2.72 bits per heavy atom. The lowest BCUT2D eigenvalue weighted by Gasteiger charge is -2.08. The van der Waals surface area contributed by atoms with E-state index in [1.165, 1.54) is 0 Å². The zero-order valence-corrected chi connectivity index (χ0v) is 10.8. The van der Waals surface area contributed by atoms with E-state index in [0.29, 0.717) is 10.8 Å². The van der Waals surface area contributed by atoms with Gasteiger partial charge in [0.2, 0.25) is 5.91 Å². The molecule has 0 radical (unpaired) electrons. The highest BCUT2D eigenvalue weighted by Crippen LogP contribution is 2.31. The average molecular weight is 292 g/mol. The number of hydrogen-bond donors (Lipinski definition) is 2. The van der Waals surface area contributed by atoms with Crippen LogP contribution in [0.25, 0.3) is 0 Å². The SMILES string of the molecule is O=C(O)CNC(=O)CCOc1cccc(Cl)c1Cl. The second kappa shape index (κ2) is 7.08. The molecule has 98 valence electrons. The monoisotopic (exact) mass is 291 g/mol. The number of halogens is 2. The molecule has 0 fully saturated rings. The summed E-state index contributed by atoms with van der Waals surface area (Å²) in [6, 6.07) is 4.92. The van der Waals surface area contributed by atoms with E-state index >= 15 is 0 Å². The maximum absolute atomic E-state index is 11.2. The molecule has 1 aromatic carbocycles. The van der Waals surface area contributed by atoms with Crippen LogP contribution in [0.5, 0.6) is 5.75 Å². The van der Waals surface area contributed by atoms with E-state index in [1.807, 2.05) is 0 Å². The minimum absolute atomic E-state index is 0.0378. The Morgan fingerprint density at radius 2 is 2.06 bits per heavy atom. The van der Waals surface area contributed by atoms with Gasteiger partial charge in [0.15, 0.2) is 0 Å². The van der Waals surface area contributed by atoms with Gasteiger partial charge in [-0.05, 0) is 12.1 Å². The van der Waals surface area contributed by atoms with Gasteiger partial charge in [-0.25, -0.2) is 0 Å². The largest absolute Gasteiger partial charge is 0.491 e. The molecule has 1 rings (SSSR count). The van der Waals surface area contributed by atoms with Crippen LogP contribution in [0, 0.1) is 0 Å². The molecule has 0 aliphatic carbocycles. The zero-order valence-electron chi connectivity index (χ0n) is 9.28. The molecule has 0 spiro atoms. The van der Waals surface area contributed by atoms with Gasteiger partial charge in [0.25, 0.3) is 0 Å². The molecule has 1 amide bonds. The van der Waals surface area contributed by atoms with Gasteiger partial charge in [-0.2, -0.15) is 0 Å². The summed E-state index contributed by atoms with van der Waals surface area (Å²) in [7, 11) is 0.